The van der Waals surface area contributed by atoms with E-state index in [0.717, 1.165) is 5.69 Å². The van der Waals surface area contributed by atoms with Crippen LogP contribution < -0.4 is 5.32 Å². The zero-order chi connectivity index (χ0) is 16.6. The molecular weight excluding hydrogens is 296 g/mol. The van der Waals surface area contributed by atoms with E-state index in [4.69, 9.17) is 0 Å². The molecule has 0 saturated heterocycles. The van der Waals surface area contributed by atoms with Crippen LogP contribution in [-0.2, 0) is 11.3 Å². The highest BCUT2D eigenvalue weighted by Crippen LogP contribution is 2.25. The number of Topliss-reactive ketones (excluding diaryl/α,β-unsaturated/α-hetero) is 2. The van der Waals surface area contributed by atoms with Crippen molar-refractivity contribution in [1.29, 1.82) is 0 Å². The van der Waals surface area contributed by atoms with Gasteiger partial charge in [0.15, 0.2) is 17.4 Å². The molecule has 1 aliphatic heterocycles. The van der Waals surface area contributed by atoms with Crippen molar-refractivity contribution in [2.24, 2.45) is 5.92 Å². The number of amides is 1. The van der Waals surface area contributed by atoms with Crippen molar-refractivity contribution in [2.45, 2.75) is 26.8 Å². The van der Waals surface area contributed by atoms with Gasteiger partial charge >= 0.3 is 0 Å². The van der Waals surface area contributed by atoms with Crippen molar-refractivity contribution in [3.05, 3.63) is 41.3 Å². The highest BCUT2D eigenvalue weighted by Gasteiger charge is 2.34. The number of rotatable bonds is 3. The van der Waals surface area contributed by atoms with Crippen LogP contribution in [-0.4, -0.2) is 32.2 Å². The van der Waals surface area contributed by atoms with Crippen molar-refractivity contribution in [1.82, 2.24) is 14.8 Å². The lowest BCUT2D eigenvalue weighted by molar-refractivity contribution is -0.114. The molecule has 0 bridgehead atoms. The highest BCUT2D eigenvalue weighted by molar-refractivity contribution is 6.16. The van der Waals surface area contributed by atoms with Gasteiger partial charge in [-0.15, -0.1) is 0 Å². The lowest BCUT2D eigenvalue weighted by Gasteiger charge is -2.20. The summed E-state index contributed by atoms with van der Waals surface area (Å²) in [5.41, 5.74) is 1.59. The minimum Gasteiger partial charge on any atom is -0.309 e. The van der Waals surface area contributed by atoms with Crippen LogP contribution in [0.15, 0.2) is 24.4 Å². The van der Waals surface area contributed by atoms with Gasteiger partial charge in [-0.05, 0) is 25.5 Å². The van der Waals surface area contributed by atoms with Gasteiger partial charge in [-0.25, -0.2) is 0 Å². The first kappa shape index (κ1) is 15.1. The van der Waals surface area contributed by atoms with Crippen molar-refractivity contribution in [2.75, 3.05) is 5.32 Å². The normalized spacial score (nSPS) is 16.8. The Labute approximate surface area is 132 Å². The number of anilines is 1. The fourth-order valence-corrected chi connectivity index (χ4v) is 2.65. The zero-order valence-electron chi connectivity index (χ0n) is 12.9. The third kappa shape index (κ3) is 2.90. The maximum Gasteiger partial charge on any atom is 0.222 e. The standard InChI is InChI=1S/C16H16N4O3/c1-9-3-4-11(8-17-9)15(22)12-5-6-20-13(16(12)23)7-14(19-20)18-10(2)21/h3-4,7-8,12H,5-6H2,1-2H3,(H,18,19,21). The van der Waals surface area contributed by atoms with Crippen LogP contribution in [0.1, 0.15) is 39.9 Å². The predicted molar refractivity (Wildman–Crippen MR) is 82.3 cm³/mol. The minimum atomic E-state index is -0.728. The Morgan fingerprint density at radius 1 is 1.35 bits per heavy atom. The quantitative estimate of drug-likeness (QED) is 0.686. The van der Waals surface area contributed by atoms with Gasteiger partial charge in [0.1, 0.15) is 5.69 Å². The van der Waals surface area contributed by atoms with Crippen LogP contribution in [0.25, 0.3) is 0 Å². The van der Waals surface area contributed by atoms with Crippen molar-refractivity contribution < 1.29 is 14.4 Å². The molecular formula is C16H16N4O3. The Morgan fingerprint density at radius 2 is 2.13 bits per heavy atom. The molecule has 2 aromatic rings. The van der Waals surface area contributed by atoms with E-state index in [9.17, 15) is 14.4 Å². The van der Waals surface area contributed by atoms with Gasteiger partial charge in [0.25, 0.3) is 0 Å². The molecule has 1 atom stereocenters. The third-order valence-electron chi connectivity index (χ3n) is 3.79. The van der Waals surface area contributed by atoms with Crippen LogP contribution in [0.2, 0.25) is 0 Å². The fourth-order valence-electron chi connectivity index (χ4n) is 2.65. The predicted octanol–water partition coefficient (Wildman–Crippen LogP) is 1.63. The first-order valence-electron chi connectivity index (χ1n) is 7.32. The highest BCUT2D eigenvalue weighted by atomic mass is 16.2. The molecule has 2 aromatic heterocycles. The van der Waals surface area contributed by atoms with Gasteiger partial charge < -0.3 is 5.32 Å². The second-order valence-electron chi connectivity index (χ2n) is 5.58. The summed E-state index contributed by atoms with van der Waals surface area (Å²) in [6.07, 6.45) is 1.89. The molecule has 3 heterocycles. The molecule has 0 saturated carbocycles. The minimum absolute atomic E-state index is 0.226. The van der Waals surface area contributed by atoms with E-state index in [-0.39, 0.29) is 17.5 Å². The lowest BCUT2D eigenvalue weighted by atomic mass is 9.88. The smallest absolute Gasteiger partial charge is 0.222 e. The van der Waals surface area contributed by atoms with E-state index in [1.807, 2.05) is 6.92 Å². The van der Waals surface area contributed by atoms with Crippen LogP contribution in [0.5, 0.6) is 0 Å². The number of ketones is 2. The second kappa shape index (κ2) is 5.75. The van der Waals surface area contributed by atoms with Gasteiger partial charge in [-0.2, -0.15) is 5.10 Å². The summed E-state index contributed by atoms with van der Waals surface area (Å²) < 4.78 is 1.53. The molecule has 0 spiro atoms. The van der Waals surface area contributed by atoms with E-state index >= 15 is 0 Å². The van der Waals surface area contributed by atoms with E-state index in [2.05, 4.69) is 15.4 Å². The van der Waals surface area contributed by atoms with Crippen molar-refractivity contribution >= 4 is 23.3 Å². The van der Waals surface area contributed by atoms with Crippen molar-refractivity contribution in [3.8, 4) is 0 Å². The number of hydrogen-bond donors (Lipinski definition) is 1. The van der Waals surface area contributed by atoms with E-state index in [0.29, 0.717) is 30.0 Å². The number of fused-ring (bicyclic) bond motifs is 1. The summed E-state index contributed by atoms with van der Waals surface area (Å²) in [7, 11) is 0. The molecule has 0 aliphatic carbocycles. The molecule has 0 fully saturated rings. The van der Waals surface area contributed by atoms with Crippen LogP contribution in [0.3, 0.4) is 0 Å². The Bertz CT molecular complexity index is 792. The lowest BCUT2D eigenvalue weighted by Crippen LogP contribution is -2.32. The Kier molecular flexibility index (Phi) is 3.77. The largest absolute Gasteiger partial charge is 0.309 e. The van der Waals surface area contributed by atoms with Crippen LogP contribution in [0, 0.1) is 12.8 Å². The van der Waals surface area contributed by atoms with E-state index in [1.54, 1.807) is 12.1 Å². The molecule has 118 valence electrons. The van der Waals surface area contributed by atoms with Gasteiger partial charge in [0.05, 0.1) is 5.92 Å². The Balaban J connectivity index is 1.85. The van der Waals surface area contributed by atoms with Gasteiger partial charge in [0, 0.05) is 37.0 Å². The first-order valence-corrected chi connectivity index (χ1v) is 7.32. The molecule has 1 amide bonds. The molecule has 3 rings (SSSR count). The first-order chi connectivity index (χ1) is 11.0. The topological polar surface area (TPSA) is 93.9 Å². The molecule has 1 aliphatic rings. The molecule has 0 radical (unpaired) electrons. The monoisotopic (exact) mass is 312 g/mol. The average molecular weight is 312 g/mol. The number of carbonyl (C=O) groups is 3. The molecule has 23 heavy (non-hydrogen) atoms. The number of nitrogens with zero attached hydrogens (tertiary/aromatic N) is 3. The summed E-state index contributed by atoms with van der Waals surface area (Å²) in [6, 6.07) is 4.95. The van der Waals surface area contributed by atoms with Crippen LogP contribution >= 0.6 is 0 Å². The number of aromatic nitrogens is 3. The number of hydrogen-bond acceptors (Lipinski definition) is 5. The molecule has 0 aromatic carbocycles. The van der Waals surface area contributed by atoms with Gasteiger partial charge in [0.2, 0.25) is 5.91 Å². The molecule has 1 N–H and O–H groups in total. The average Bonchev–Trinajstić information content (AvgIpc) is 2.90. The maximum absolute atomic E-state index is 12.6. The van der Waals surface area contributed by atoms with E-state index in [1.165, 1.54) is 23.9 Å². The Hall–Kier alpha value is -2.83. The third-order valence-corrected chi connectivity index (χ3v) is 3.79. The molecule has 7 heteroatoms. The number of pyridine rings is 1. The zero-order valence-corrected chi connectivity index (χ0v) is 12.9. The summed E-state index contributed by atoms with van der Waals surface area (Å²) >= 11 is 0. The SMILES string of the molecule is CC(=O)Nc1cc2n(n1)CCC(C(=O)c1ccc(C)nc1)C2=O. The summed E-state index contributed by atoms with van der Waals surface area (Å²) in [6.45, 7) is 3.66. The van der Waals surface area contributed by atoms with E-state index < -0.39 is 5.92 Å². The van der Waals surface area contributed by atoms with Crippen molar-refractivity contribution in [3.63, 3.8) is 0 Å². The van der Waals surface area contributed by atoms with Gasteiger partial charge in [-0.1, -0.05) is 0 Å². The maximum atomic E-state index is 12.6. The number of nitrogens with one attached hydrogen (secondary N) is 1. The second-order valence-corrected chi connectivity index (χ2v) is 5.58. The number of aryl methyl sites for hydroxylation is 2. The van der Waals surface area contributed by atoms with Crippen LogP contribution in [0.4, 0.5) is 5.82 Å². The Morgan fingerprint density at radius 3 is 2.78 bits per heavy atom. The molecule has 1 unspecified atom stereocenters. The fraction of sp³-hybridized carbons (Fsp3) is 0.312. The summed E-state index contributed by atoms with van der Waals surface area (Å²) in [5, 5.41) is 6.71. The number of carbonyl (C=O) groups excluding carboxylic acids is 3. The van der Waals surface area contributed by atoms with Gasteiger partial charge in [-0.3, -0.25) is 24.0 Å². The summed E-state index contributed by atoms with van der Waals surface area (Å²) in [4.78, 5) is 40.3. The summed E-state index contributed by atoms with van der Waals surface area (Å²) in [5.74, 6) is -1.16. The molecule has 7 nitrogen and oxygen atoms in total.